The van der Waals surface area contributed by atoms with E-state index in [-0.39, 0.29) is 12.3 Å². The Morgan fingerprint density at radius 3 is 2.87 bits per heavy atom. The summed E-state index contributed by atoms with van der Waals surface area (Å²) < 4.78 is 5.11. The molecule has 0 aliphatic carbocycles. The van der Waals surface area contributed by atoms with Crippen LogP contribution in [0.5, 0.6) is 0 Å². The first-order chi connectivity index (χ1) is 11.2. The molecule has 6 nitrogen and oxygen atoms in total. The average Bonchev–Trinajstić information content (AvgIpc) is 2.60. The van der Waals surface area contributed by atoms with Crippen molar-refractivity contribution in [3.8, 4) is 6.07 Å². The lowest BCUT2D eigenvalue weighted by Gasteiger charge is -2.05. The second-order valence-corrected chi connectivity index (χ2v) is 4.84. The Bertz CT molecular complexity index is 986. The van der Waals surface area contributed by atoms with Crippen LogP contribution in [0.4, 0.5) is 0 Å². The second kappa shape index (κ2) is 6.12. The lowest BCUT2D eigenvalue weighted by Crippen LogP contribution is -2.20. The summed E-state index contributed by atoms with van der Waals surface area (Å²) in [7, 11) is 0. The van der Waals surface area contributed by atoms with Gasteiger partial charge >= 0.3 is 5.97 Å². The molecule has 1 heterocycles. The highest BCUT2D eigenvalue weighted by molar-refractivity contribution is 5.91. The third kappa shape index (κ3) is 2.94. The number of rotatable bonds is 3. The predicted octanol–water partition coefficient (Wildman–Crippen LogP) is 2.15. The fraction of sp³-hybridized carbons (Fsp3) is 0.0588. The number of hydrogen-bond donors (Lipinski definition) is 1. The van der Waals surface area contributed by atoms with Crippen molar-refractivity contribution in [1.29, 1.82) is 5.26 Å². The molecule has 1 aromatic heterocycles. The van der Waals surface area contributed by atoms with E-state index in [1.165, 1.54) is 0 Å². The van der Waals surface area contributed by atoms with Gasteiger partial charge in [0, 0.05) is 5.39 Å². The molecule has 6 heteroatoms. The summed E-state index contributed by atoms with van der Waals surface area (Å²) in [5.74, 6) is -0.806. The van der Waals surface area contributed by atoms with E-state index in [2.05, 4.69) is 10.2 Å². The number of aromatic amines is 1. The Morgan fingerprint density at radius 2 is 2.04 bits per heavy atom. The van der Waals surface area contributed by atoms with Crippen LogP contribution in [0.15, 0.2) is 53.3 Å². The van der Waals surface area contributed by atoms with Gasteiger partial charge < -0.3 is 4.74 Å². The third-order valence-electron chi connectivity index (χ3n) is 3.29. The van der Waals surface area contributed by atoms with Crippen LogP contribution < -0.4 is 5.43 Å². The van der Waals surface area contributed by atoms with Crippen LogP contribution >= 0.6 is 0 Å². The van der Waals surface area contributed by atoms with E-state index in [1.807, 2.05) is 6.07 Å². The van der Waals surface area contributed by atoms with Gasteiger partial charge in [0.05, 0.1) is 17.1 Å². The van der Waals surface area contributed by atoms with Crippen LogP contribution in [0.25, 0.3) is 10.9 Å². The van der Waals surface area contributed by atoms with Gasteiger partial charge in [-0.15, -0.1) is 0 Å². The molecule has 0 amide bonds. The number of para-hydroxylation sites is 1. The molecule has 0 radical (unpaired) electrons. The Balaban J connectivity index is 1.82. The Hall–Kier alpha value is -3.46. The number of aromatic nitrogens is 2. The van der Waals surface area contributed by atoms with Gasteiger partial charge in [-0.25, -0.2) is 4.79 Å². The van der Waals surface area contributed by atoms with Crippen molar-refractivity contribution in [2.45, 2.75) is 6.61 Å². The molecule has 0 fully saturated rings. The molecule has 112 valence electrons. The van der Waals surface area contributed by atoms with E-state index < -0.39 is 11.4 Å². The summed E-state index contributed by atoms with van der Waals surface area (Å²) in [5, 5.41) is 15.7. The van der Waals surface area contributed by atoms with Crippen LogP contribution in [-0.2, 0) is 11.3 Å². The molecule has 0 saturated carbocycles. The maximum atomic E-state index is 12.3. The molecule has 2 aromatic carbocycles. The van der Waals surface area contributed by atoms with Crippen LogP contribution in [0.2, 0.25) is 0 Å². The number of esters is 1. The van der Waals surface area contributed by atoms with Crippen molar-refractivity contribution in [2.75, 3.05) is 0 Å². The predicted molar refractivity (Wildman–Crippen MR) is 82.6 cm³/mol. The number of H-pyrrole nitrogens is 1. The van der Waals surface area contributed by atoms with Gasteiger partial charge in [0.1, 0.15) is 6.61 Å². The number of ether oxygens (including phenoxy) is 1. The summed E-state index contributed by atoms with van der Waals surface area (Å²) in [4.78, 5) is 24.3. The van der Waals surface area contributed by atoms with Crippen LogP contribution in [-0.4, -0.2) is 16.2 Å². The summed E-state index contributed by atoms with van der Waals surface area (Å²) in [6.07, 6.45) is 0. The minimum absolute atomic E-state index is 0.0394. The van der Waals surface area contributed by atoms with E-state index in [0.29, 0.717) is 22.0 Å². The standard InChI is InChI=1S/C17H11N3O3/c18-9-11-4-3-5-12(8-11)10-23-17(22)15-16(21)13-6-1-2-7-14(13)19-20-15/h1-8H,10H2,(H,19,21). The zero-order chi connectivity index (χ0) is 16.2. The third-order valence-corrected chi connectivity index (χ3v) is 3.29. The van der Waals surface area contributed by atoms with Gasteiger partial charge in [-0.3, -0.25) is 9.89 Å². The van der Waals surface area contributed by atoms with Crippen LogP contribution in [0.1, 0.15) is 21.6 Å². The molecule has 0 aliphatic rings. The van der Waals surface area contributed by atoms with E-state index in [4.69, 9.17) is 10.00 Å². The van der Waals surface area contributed by atoms with Crippen molar-refractivity contribution in [3.05, 3.63) is 75.6 Å². The highest BCUT2D eigenvalue weighted by atomic mass is 16.5. The summed E-state index contributed by atoms with van der Waals surface area (Å²) >= 11 is 0. The molecular formula is C17H11N3O3. The highest BCUT2D eigenvalue weighted by Crippen LogP contribution is 2.08. The van der Waals surface area contributed by atoms with Gasteiger partial charge in [0.2, 0.25) is 11.1 Å². The van der Waals surface area contributed by atoms with Gasteiger partial charge in [0.25, 0.3) is 0 Å². The number of benzene rings is 2. The molecule has 0 spiro atoms. The topological polar surface area (TPSA) is 95.8 Å². The normalized spacial score (nSPS) is 10.2. The van der Waals surface area contributed by atoms with Crippen molar-refractivity contribution in [3.63, 3.8) is 0 Å². The first kappa shape index (κ1) is 14.5. The van der Waals surface area contributed by atoms with Gasteiger partial charge in [-0.05, 0) is 29.8 Å². The first-order valence-corrected chi connectivity index (χ1v) is 6.82. The number of nitrogens with one attached hydrogen (secondary N) is 1. The molecule has 0 saturated heterocycles. The Kier molecular flexibility index (Phi) is 3.85. The maximum absolute atomic E-state index is 12.3. The van der Waals surface area contributed by atoms with Gasteiger partial charge in [0.15, 0.2) is 0 Å². The summed E-state index contributed by atoms with van der Waals surface area (Å²) in [5.41, 5.74) is 0.917. The zero-order valence-corrected chi connectivity index (χ0v) is 11.9. The van der Waals surface area contributed by atoms with E-state index >= 15 is 0 Å². The fourth-order valence-corrected chi connectivity index (χ4v) is 2.16. The number of fused-ring (bicyclic) bond motifs is 1. The average molecular weight is 305 g/mol. The number of carbonyl (C=O) groups is 1. The van der Waals surface area contributed by atoms with E-state index in [0.717, 1.165) is 0 Å². The van der Waals surface area contributed by atoms with Crippen LogP contribution in [0, 0.1) is 11.3 Å². The molecule has 23 heavy (non-hydrogen) atoms. The largest absolute Gasteiger partial charge is 0.456 e. The monoisotopic (exact) mass is 305 g/mol. The number of hydrogen-bond acceptors (Lipinski definition) is 5. The van der Waals surface area contributed by atoms with Gasteiger partial charge in [-0.1, -0.05) is 24.3 Å². The Labute approximate surface area is 131 Å². The smallest absolute Gasteiger partial charge is 0.363 e. The van der Waals surface area contributed by atoms with Crippen molar-refractivity contribution in [2.24, 2.45) is 0 Å². The molecule has 3 aromatic rings. The minimum Gasteiger partial charge on any atom is -0.456 e. The number of nitriles is 1. The SMILES string of the molecule is N#Cc1cccc(COC(=O)c2n[nH]c3ccccc3c2=O)c1. The van der Waals surface area contributed by atoms with E-state index in [1.54, 1.807) is 48.5 Å². The second-order valence-electron chi connectivity index (χ2n) is 4.84. The lowest BCUT2D eigenvalue weighted by atomic mass is 10.1. The summed E-state index contributed by atoms with van der Waals surface area (Å²) in [6, 6.07) is 15.5. The van der Waals surface area contributed by atoms with Crippen molar-refractivity contribution < 1.29 is 9.53 Å². The molecule has 0 atom stereocenters. The lowest BCUT2D eigenvalue weighted by molar-refractivity contribution is 0.0463. The fourth-order valence-electron chi connectivity index (χ4n) is 2.16. The Morgan fingerprint density at radius 1 is 1.22 bits per heavy atom. The highest BCUT2D eigenvalue weighted by Gasteiger charge is 2.16. The molecule has 0 unspecified atom stereocenters. The number of nitrogens with zero attached hydrogens (tertiary/aromatic N) is 2. The molecular weight excluding hydrogens is 294 g/mol. The molecule has 3 rings (SSSR count). The zero-order valence-electron chi connectivity index (χ0n) is 11.9. The molecule has 1 N–H and O–H groups in total. The molecule has 0 aliphatic heterocycles. The summed E-state index contributed by atoms with van der Waals surface area (Å²) in [6.45, 7) is -0.0394. The van der Waals surface area contributed by atoms with E-state index in [9.17, 15) is 9.59 Å². The van der Waals surface area contributed by atoms with Crippen molar-refractivity contribution in [1.82, 2.24) is 10.2 Å². The molecule has 0 bridgehead atoms. The number of carbonyl (C=O) groups excluding carboxylic acids is 1. The maximum Gasteiger partial charge on any atom is 0.363 e. The van der Waals surface area contributed by atoms with Crippen LogP contribution in [0.3, 0.4) is 0 Å². The first-order valence-electron chi connectivity index (χ1n) is 6.82. The van der Waals surface area contributed by atoms with Gasteiger partial charge in [-0.2, -0.15) is 10.4 Å². The minimum atomic E-state index is -0.806. The van der Waals surface area contributed by atoms with Crippen molar-refractivity contribution >= 4 is 16.9 Å². The quantitative estimate of drug-likeness (QED) is 0.748.